The number of alkyl halides is 3. The second-order valence-corrected chi connectivity index (χ2v) is 9.24. The molecule has 1 unspecified atom stereocenters. The number of aldehydes is 1. The zero-order chi connectivity index (χ0) is 35.2. The Balaban J connectivity index is 0. The van der Waals surface area contributed by atoms with E-state index >= 15 is 0 Å². The van der Waals surface area contributed by atoms with Crippen LogP contribution < -0.4 is 10.1 Å². The highest BCUT2D eigenvalue weighted by Crippen LogP contribution is 2.30. The fraction of sp³-hybridized carbons (Fsp3) is 0.474. The van der Waals surface area contributed by atoms with Crippen molar-refractivity contribution in [3.05, 3.63) is 108 Å². The predicted molar refractivity (Wildman–Crippen MR) is 188 cm³/mol. The molecule has 1 fully saturated rings. The largest absolute Gasteiger partial charge is 0.492 e. The molecule has 0 bridgehead atoms. The molecule has 258 valence electrons. The van der Waals surface area contributed by atoms with Crippen LogP contribution in [0, 0.1) is 5.92 Å². The van der Waals surface area contributed by atoms with Gasteiger partial charge in [-0.25, -0.2) is 0 Å². The fourth-order valence-corrected chi connectivity index (χ4v) is 4.02. The number of piperidine rings is 1. The van der Waals surface area contributed by atoms with Crippen LogP contribution in [0.5, 0.6) is 5.75 Å². The number of rotatable bonds is 8. The molecule has 0 saturated carbocycles. The molecule has 1 aliphatic heterocycles. The number of hydrogen-bond donors (Lipinski definition) is 1. The first-order valence-electron chi connectivity index (χ1n) is 16.5. The van der Waals surface area contributed by atoms with E-state index in [4.69, 9.17) is 4.74 Å². The molecule has 46 heavy (non-hydrogen) atoms. The predicted octanol–water partition coefficient (Wildman–Crippen LogP) is 10.0. The molecule has 0 amide bonds. The first kappa shape index (κ1) is 44.6. The number of carbonyl (C=O) groups is 1. The monoisotopic (exact) mass is 645 g/mol. The second-order valence-electron chi connectivity index (χ2n) is 9.24. The summed E-state index contributed by atoms with van der Waals surface area (Å²) >= 11 is 0. The average Bonchev–Trinajstić information content (AvgIpc) is 3.13. The van der Waals surface area contributed by atoms with E-state index in [1.807, 2.05) is 110 Å². The molecule has 0 aliphatic carbocycles. The van der Waals surface area contributed by atoms with Gasteiger partial charge in [0.25, 0.3) is 0 Å². The smallest absolute Gasteiger partial charge is 0.416 e. The van der Waals surface area contributed by atoms with Gasteiger partial charge in [-0.3, -0.25) is 9.88 Å². The van der Waals surface area contributed by atoms with E-state index in [2.05, 4.69) is 15.2 Å². The van der Waals surface area contributed by atoms with Crippen molar-refractivity contribution in [1.82, 2.24) is 15.2 Å². The van der Waals surface area contributed by atoms with E-state index < -0.39 is 11.7 Å². The molecule has 1 N–H and O–H groups in total. The fourth-order valence-electron chi connectivity index (χ4n) is 4.02. The van der Waals surface area contributed by atoms with Crippen LogP contribution in [0.4, 0.5) is 13.2 Å². The molecule has 2 heterocycles. The standard InChI is InChI=1S/C14H13F3N2.C14H19NO2.C4H8.3C2H6/c1-18-13(12-4-2-3-9-19-12)10-5-7-11(8-6-10)14(15,16)17;16-12-13-6-8-15(9-7-13)10-11-17-14-4-2-1-3-5-14;1-3-4-2;3*1-2/h2-9,13,18H,1H3;1-5,12-13H,6-11H2;3-4H,1-2H3;3*1-2H3/b;;4-3-;;;. The summed E-state index contributed by atoms with van der Waals surface area (Å²) in [6.07, 6.45) is 4.43. The number of carbonyl (C=O) groups excluding carboxylic acids is 1. The third-order valence-corrected chi connectivity index (χ3v) is 6.42. The molecule has 3 aromatic rings. The number of benzene rings is 2. The lowest BCUT2D eigenvalue weighted by atomic mass is 9.99. The summed E-state index contributed by atoms with van der Waals surface area (Å²) in [6, 6.07) is 20.2. The molecule has 8 heteroatoms. The first-order valence-corrected chi connectivity index (χ1v) is 16.5. The maximum absolute atomic E-state index is 12.5. The number of ether oxygens (including phenoxy) is 1. The first-order chi connectivity index (χ1) is 22.3. The van der Waals surface area contributed by atoms with Gasteiger partial charge in [0.15, 0.2) is 0 Å². The normalized spacial score (nSPS) is 13.3. The molecule has 0 spiro atoms. The van der Waals surface area contributed by atoms with Gasteiger partial charge in [-0.1, -0.05) is 90.1 Å². The number of nitrogens with one attached hydrogen (secondary N) is 1. The minimum atomic E-state index is -4.31. The summed E-state index contributed by atoms with van der Waals surface area (Å²) < 4.78 is 43.1. The van der Waals surface area contributed by atoms with Gasteiger partial charge in [-0.2, -0.15) is 13.2 Å². The Morgan fingerprint density at radius 2 is 1.41 bits per heavy atom. The minimum Gasteiger partial charge on any atom is -0.492 e. The van der Waals surface area contributed by atoms with Crippen molar-refractivity contribution in [3.8, 4) is 5.75 Å². The molecule has 1 aliphatic rings. The van der Waals surface area contributed by atoms with Crippen LogP contribution >= 0.6 is 0 Å². The van der Waals surface area contributed by atoms with E-state index in [0.717, 1.165) is 74.5 Å². The summed E-state index contributed by atoms with van der Waals surface area (Å²) in [5, 5.41) is 3.05. The quantitative estimate of drug-likeness (QED) is 0.195. The van der Waals surface area contributed by atoms with Gasteiger partial charge in [-0.15, -0.1) is 0 Å². The minimum absolute atomic E-state index is 0.219. The van der Waals surface area contributed by atoms with E-state index in [1.165, 1.54) is 12.1 Å². The maximum atomic E-state index is 12.5. The molecule has 1 atom stereocenters. The van der Waals surface area contributed by atoms with Gasteiger partial charge >= 0.3 is 6.18 Å². The van der Waals surface area contributed by atoms with Crippen LogP contribution in [0.25, 0.3) is 0 Å². The van der Waals surface area contributed by atoms with Gasteiger partial charge in [0, 0.05) is 18.7 Å². The number of halogens is 3. The van der Waals surface area contributed by atoms with Crippen LogP contribution in [-0.4, -0.2) is 49.5 Å². The van der Waals surface area contributed by atoms with Crippen molar-refractivity contribution < 1.29 is 22.7 Å². The van der Waals surface area contributed by atoms with E-state index in [0.29, 0.717) is 0 Å². The van der Waals surface area contributed by atoms with Gasteiger partial charge in [0.2, 0.25) is 0 Å². The van der Waals surface area contributed by atoms with Crippen LogP contribution in [0.3, 0.4) is 0 Å². The maximum Gasteiger partial charge on any atom is 0.416 e. The molecule has 4 rings (SSSR count). The molecular formula is C38H58F3N3O2. The summed E-state index contributed by atoms with van der Waals surface area (Å²) in [5.74, 6) is 1.21. The lowest BCUT2D eigenvalue weighted by molar-refractivity contribution is -0.137. The number of nitrogens with zero attached hydrogens (tertiary/aromatic N) is 2. The second kappa shape index (κ2) is 28.9. The average molecular weight is 646 g/mol. The molecule has 5 nitrogen and oxygen atoms in total. The SMILES string of the molecule is C/C=C\C.CC.CC.CC.CNC(c1ccc(C(F)(F)F)cc1)c1ccccn1.O=CC1CCN(CCOc2ccccc2)CC1. The van der Waals surface area contributed by atoms with Crippen molar-refractivity contribution in [2.24, 2.45) is 5.92 Å². The Morgan fingerprint density at radius 3 is 1.85 bits per heavy atom. The number of aromatic nitrogens is 1. The zero-order valence-corrected chi connectivity index (χ0v) is 29.5. The summed E-state index contributed by atoms with van der Waals surface area (Å²) in [6.45, 7) is 19.7. The van der Waals surface area contributed by atoms with Gasteiger partial charge in [0.05, 0.1) is 17.3 Å². The van der Waals surface area contributed by atoms with Gasteiger partial charge in [0.1, 0.15) is 18.6 Å². The van der Waals surface area contributed by atoms with Crippen molar-refractivity contribution >= 4 is 6.29 Å². The molecule has 0 radical (unpaired) electrons. The van der Waals surface area contributed by atoms with Crippen LogP contribution in [-0.2, 0) is 11.0 Å². The van der Waals surface area contributed by atoms with Crippen molar-refractivity contribution in [3.63, 3.8) is 0 Å². The number of likely N-dealkylation sites (tertiary alicyclic amines) is 1. The summed E-state index contributed by atoms with van der Waals surface area (Å²) in [7, 11) is 1.75. The van der Waals surface area contributed by atoms with Crippen LogP contribution in [0.15, 0.2) is 91.1 Å². The Hall–Kier alpha value is -3.49. The van der Waals surface area contributed by atoms with Gasteiger partial charge < -0.3 is 14.8 Å². The van der Waals surface area contributed by atoms with Crippen LogP contribution in [0.1, 0.15) is 91.1 Å². The Bertz CT molecular complexity index is 1100. The van der Waals surface area contributed by atoms with Crippen molar-refractivity contribution in [1.29, 1.82) is 0 Å². The van der Waals surface area contributed by atoms with Crippen LogP contribution in [0.2, 0.25) is 0 Å². The molecule has 1 aromatic heterocycles. The lowest BCUT2D eigenvalue weighted by Crippen LogP contribution is -2.36. The van der Waals surface area contributed by atoms with E-state index in [-0.39, 0.29) is 12.0 Å². The van der Waals surface area contributed by atoms with E-state index in [1.54, 1.807) is 19.3 Å². The Kier molecular flexibility index (Phi) is 28.1. The van der Waals surface area contributed by atoms with Crippen molar-refractivity contribution in [2.75, 3.05) is 33.3 Å². The Labute approximate surface area is 277 Å². The third-order valence-electron chi connectivity index (χ3n) is 6.42. The third kappa shape index (κ3) is 19.1. The highest BCUT2D eigenvalue weighted by Gasteiger charge is 2.30. The van der Waals surface area contributed by atoms with Gasteiger partial charge in [-0.05, 0) is 88.8 Å². The molecular weight excluding hydrogens is 587 g/mol. The zero-order valence-electron chi connectivity index (χ0n) is 29.5. The highest BCUT2D eigenvalue weighted by molar-refractivity contribution is 5.53. The van der Waals surface area contributed by atoms with Crippen molar-refractivity contribution in [2.45, 2.75) is 80.4 Å². The number of allylic oxidation sites excluding steroid dienone is 2. The summed E-state index contributed by atoms with van der Waals surface area (Å²) in [5.41, 5.74) is 0.867. The molecule has 2 aromatic carbocycles. The summed E-state index contributed by atoms with van der Waals surface area (Å²) in [4.78, 5) is 17.2. The Morgan fingerprint density at radius 1 is 0.870 bits per heavy atom. The highest BCUT2D eigenvalue weighted by atomic mass is 19.4. The topological polar surface area (TPSA) is 54.5 Å². The number of para-hydroxylation sites is 1. The molecule has 1 saturated heterocycles. The number of pyridine rings is 1. The van der Waals surface area contributed by atoms with E-state index in [9.17, 15) is 18.0 Å². The number of hydrogen-bond acceptors (Lipinski definition) is 5. The lowest BCUT2D eigenvalue weighted by Gasteiger charge is -2.29.